The zero-order chi connectivity index (χ0) is 6.62. The molecule has 0 amide bonds. The summed E-state index contributed by atoms with van der Waals surface area (Å²) in [5.74, 6) is 0. The van der Waals surface area contributed by atoms with Crippen molar-refractivity contribution in [1.82, 2.24) is 0 Å². The second-order valence-electron chi connectivity index (χ2n) is 0.942. The van der Waals surface area contributed by atoms with E-state index in [4.69, 9.17) is 0 Å². The van der Waals surface area contributed by atoms with Crippen molar-refractivity contribution in [3.8, 4) is 0 Å². The molecule has 48 valence electrons. The van der Waals surface area contributed by atoms with Crippen LogP contribution < -0.4 is 14.0 Å². The van der Waals surface area contributed by atoms with Gasteiger partial charge in [0.15, 0.2) is 0 Å². The van der Waals surface area contributed by atoms with Gasteiger partial charge < -0.3 is 0 Å². The Balaban J connectivity index is 3.24. The van der Waals surface area contributed by atoms with Crippen LogP contribution in [-0.2, 0) is 4.29 Å². The van der Waals surface area contributed by atoms with Gasteiger partial charge in [-0.25, -0.2) is 0 Å². The Morgan fingerprint density at radius 2 is 2.00 bits per heavy atom. The van der Waals surface area contributed by atoms with Crippen molar-refractivity contribution in [1.29, 1.82) is 0 Å². The molecule has 0 saturated carbocycles. The van der Waals surface area contributed by atoms with Crippen LogP contribution in [0.4, 0.5) is 0 Å². The van der Waals surface area contributed by atoms with Crippen LogP contribution in [0.3, 0.4) is 0 Å². The molecular formula is C3H5ClO4. The van der Waals surface area contributed by atoms with Gasteiger partial charge in [0.1, 0.15) is 0 Å². The molecule has 0 saturated heterocycles. The molecule has 0 atom stereocenters. The van der Waals surface area contributed by atoms with Crippen molar-refractivity contribution in [3.05, 3.63) is 12.7 Å². The molecule has 4 nitrogen and oxygen atoms in total. The van der Waals surface area contributed by atoms with Crippen molar-refractivity contribution in [2.75, 3.05) is 6.61 Å². The van der Waals surface area contributed by atoms with Crippen LogP contribution in [0, 0.1) is 10.2 Å². The first-order chi connectivity index (χ1) is 3.56. The summed E-state index contributed by atoms with van der Waals surface area (Å²) >= 11 is 0. The second kappa shape index (κ2) is 3.01. The third kappa shape index (κ3) is 5.87. The number of hydrogen-bond donors (Lipinski definition) is 0. The van der Waals surface area contributed by atoms with Crippen molar-refractivity contribution in [2.45, 2.75) is 0 Å². The molecule has 0 aromatic rings. The Morgan fingerprint density at radius 1 is 1.50 bits per heavy atom. The van der Waals surface area contributed by atoms with E-state index in [1.807, 2.05) is 0 Å². The molecule has 0 spiro atoms. The van der Waals surface area contributed by atoms with E-state index in [1.165, 1.54) is 6.08 Å². The summed E-state index contributed by atoms with van der Waals surface area (Å²) in [5, 5.41) is 0. The van der Waals surface area contributed by atoms with Crippen LogP contribution in [0.2, 0.25) is 0 Å². The van der Waals surface area contributed by atoms with Gasteiger partial charge in [-0.2, -0.15) is 14.0 Å². The van der Waals surface area contributed by atoms with Crippen molar-refractivity contribution < 1.29 is 28.5 Å². The average molecular weight is 141 g/mol. The van der Waals surface area contributed by atoms with E-state index in [0.717, 1.165) is 0 Å². The molecule has 0 bridgehead atoms. The minimum absolute atomic E-state index is 0.270. The highest BCUT2D eigenvalue weighted by Crippen LogP contribution is 1.85. The summed E-state index contributed by atoms with van der Waals surface area (Å²) in [6, 6.07) is 0. The highest BCUT2D eigenvalue weighted by atomic mass is 35.7. The van der Waals surface area contributed by atoms with Crippen LogP contribution in [0.1, 0.15) is 0 Å². The van der Waals surface area contributed by atoms with E-state index in [1.54, 1.807) is 0 Å². The van der Waals surface area contributed by atoms with Crippen LogP contribution in [0.15, 0.2) is 12.7 Å². The van der Waals surface area contributed by atoms with E-state index in [9.17, 15) is 14.0 Å². The Kier molecular flexibility index (Phi) is 2.96. The fourth-order valence-electron chi connectivity index (χ4n) is 0.122. The molecule has 0 aliphatic heterocycles. The van der Waals surface area contributed by atoms with Crippen LogP contribution in [-0.4, -0.2) is 6.61 Å². The average Bonchev–Trinajstić information content (AvgIpc) is 1.59. The van der Waals surface area contributed by atoms with Gasteiger partial charge in [0.2, 0.25) is 6.61 Å². The van der Waals surface area contributed by atoms with Gasteiger partial charge in [0.25, 0.3) is 0 Å². The number of hydrogen-bond acceptors (Lipinski definition) is 4. The van der Waals surface area contributed by atoms with Crippen molar-refractivity contribution >= 4 is 0 Å². The maximum Gasteiger partial charge on any atom is 0.221 e. The molecule has 0 aliphatic carbocycles. The molecule has 0 aromatic heterocycles. The molecular weight excluding hydrogens is 135 g/mol. The lowest BCUT2D eigenvalue weighted by molar-refractivity contribution is -1.92. The summed E-state index contributed by atoms with van der Waals surface area (Å²) in [6.07, 6.45) is 1.17. The number of rotatable bonds is 3. The SMILES string of the molecule is C=CCO[Cl+3]([O-])([O-])[O-]. The van der Waals surface area contributed by atoms with Crippen molar-refractivity contribution in [3.63, 3.8) is 0 Å². The molecule has 0 aromatic carbocycles. The zero-order valence-corrected chi connectivity index (χ0v) is 4.76. The second-order valence-corrected chi connectivity index (χ2v) is 1.92. The van der Waals surface area contributed by atoms with Crippen LogP contribution in [0.25, 0.3) is 0 Å². The van der Waals surface area contributed by atoms with Crippen LogP contribution >= 0.6 is 0 Å². The van der Waals surface area contributed by atoms with E-state index >= 15 is 0 Å². The minimum Gasteiger partial charge on any atom is -0.183 e. The Morgan fingerprint density at radius 3 is 2.12 bits per heavy atom. The normalized spacial score (nSPS) is 11.4. The molecule has 0 radical (unpaired) electrons. The fourth-order valence-corrected chi connectivity index (χ4v) is 0.365. The first-order valence-corrected chi connectivity index (χ1v) is 2.96. The van der Waals surface area contributed by atoms with Gasteiger partial charge >= 0.3 is 0 Å². The lowest BCUT2D eigenvalue weighted by atomic mass is 10.7. The van der Waals surface area contributed by atoms with Gasteiger partial charge in [-0.3, -0.25) is 0 Å². The monoisotopic (exact) mass is 140 g/mol. The largest absolute Gasteiger partial charge is 0.221 e. The first kappa shape index (κ1) is 7.87. The number of halogens is 1. The van der Waals surface area contributed by atoms with E-state index in [-0.39, 0.29) is 6.61 Å². The lowest BCUT2D eigenvalue weighted by Gasteiger charge is -2.10. The molecule has 0 aliphatic rings. The molecule has 0 unspecified atom stereocenters. The quantitative estimate of drug-likeness (QED) is 0.394. The smallest absolute Gasteiger partial charge is 0.183 e. The molecule has 0 rings (SSSR count). The standard InChI is InChI=1S/C3H5ClO4/c1-2-3-8-4(5,6)7/h2H,1,3H2. The molecule has 8 heavy (non-hydrogen) atoms. The Hall–Kier alpha value is -0.130. The summed E-state index contributed by atoms with van der Waals surface area (Å²) < 4.78 is 32.3. The van der Waals surface area contributed by atoms with Gasteiger partial charge in [0, 0.05) is 0 Å². The lowest BCUT2D eigenvalue weighted by Crippen LogP contribution is -2.60. The summed E-state index contributed by atoms with van der Waals surface area (Å²) in [6.45, 7) is 2.86. The predicted molar refractivity (Wildman–Crippen MR) is 16.1 cm³/mol. The first-order valence-electron chi connectivity index (χ1n) is 1.72. The topological polar surface area (TPSA) is 78.4 Å². The van der Waals surface area contributed by atoms with E-state index in [2.05, 4.69) is 10.9 Å². The molecule has 0 N–H and O–H groups in total. The van der Waals surface area contributed by atoms with Gasteiger partial charge in [-0.05, 0) is 6.08 Å². The van der Waals surface area contributed by atoms with Gasteiger partial charge in [-0.1, -0.05) is 0 Å². The highest BCUT2D eigenvalue weighted by molar-refractivity contribution is 4.61. The predicted octanol–water partition coefficient (Wildman–Crippen LogP) is -2.91. The summed E-state index contributed by atoms with van der Waals surface area (Å²) in [7, 11) is -4.26. The zero-order valence-electron chi connectivity index (χ0n) is 4.00. The third-order valence-electron chi connectivity index (χ3n) is 0.314. The summed E-state index contributed by atoms with van der Waals surface area (Å²) in [5.41, 5.74) is 0. The fraction of sp³-hybridized carbons (Fsp3) is 0.333. The maximum absolute atomic E-state index is 9.54. The van der Waals surface area contributed by atoms with Crippen molar-refractivity contribution in [2.24, 2.45) is 0 Å². The van der Waals surface area contributed by atoms with Gasteiger partial charge in [0.05, 0.1) is 14.5 Å². The van der Waals surface area contributed by atoms with Gasteiger partial charge in [-0.15, -0.1) is 6.58 Å². The van der Waals surface area contributed by atoms with E-state index < -0.39 is 10.2 Å². The molecule has 0 heterocycles. The van der Waals surface area contributed by atoms with E-state index in [0.29, 0.717) is 0 Å². The minimum atomic E-state index is -4.26. The van der Waals surface area contributed by atoms with Crippen LogP contribution in [0.5, 0.6) is 0 Å². The molecule has 5 heteroatoms. The summed E-state index contributed by atoms with van der Waals surface area (Å²) in [4.78, 5) is 0. The Labute approximate surface area is 48.7 Å². The Bertz CT molecular complexity index is 75.8. The molecule has 0 fully saturated rings. The maximum atomic E-state index is 9.54. The highest BCUT2D eigenvalue weighted by Gasteiger charge is 2.13. The third-order valence-corrected chi connectivity index (χ3v) is 0.708.